The van der Waals surface area contributed by atoms with Crippen molar-refractivity contribution in [2.45, 2.75) is 19.9 Å². The lowest BCUT2D eigenvalue weighted by Gasteiger charge is -2.09. The van der Waals surface area contributed by atoms with Crippen LogP contribution >= 0.6 is 0 Å². The summed E-state index contributed by atoms with van der Waals surface area (Å²) >= 11 is 0. The molecule has 0 aliphatic carbocycles. The Hall–Kier alpha value is -2.64. The van der Waals surface area contributed by atoms with Crippen LogP contribution in [0.1, 0.15) is 17.5 Å². The molecule has 8 nitrogen and oxygen atoms in total. The molecule has 0 fully saturated rings. The highest BCUT2D eigenvalue weighted by molar-refractivity contribution is 5.75. The third-order valence-electron chi connectivity index (χ3n) is 2.68. The lowest BCUT2D eigenvalue weighted by Crippen LogP contribution is -2.36. The normalized spacial score (nSPS) is 9.85. The molecule has 1 aromatic carbocycles. The number of nitro benzene ring substituents is 1. The molecule has 0 aromatic heterocycles. The summed E-state index contributed by atoms with van der Waals surface area (Å²) in [5.74, 6) is -1.00. The maximum Gasteiger partial charge on any atom is 0.315 e. The number of benzene rings is 1. The standard InChI is InChI=1S/C12H15N3O5/c1-8-9(3-2-4-10(8)15(19)20)7-14-12(18)13-6-5-11(16)17/h2-4H,5-7H2,1H3,(H,16,17)(H2,13,14,18). The van der Waals surface area contributed by atoms with Gasteiger partial charge in [-0.15, -0.1) is 0 Å². The molecule has 0 radical (unpaired) electrons. The molecule has 0 unspecified atom stereocenters. The number of carbonyl (C=O) groups excluding carboxylic acids is 1. The molecule has 20 heavy (non-hydrogen) atoms. The zero-order valence-corrected chi connectivity index (χ0v) is 10.9. The minimum Gasteiger partial charge on any atom is -0.481 e. The van der Waals surface area contributed by atoms with Gasteiger partial charge in [0.1, 0.15) is 0 Å². The van der Waals surface area contributed by atoms with Crippen LogP contribution in [0.15, 0.2) is 18.2 Å². The highest BCUT2D eigenvalue weighted by Gasteiger charge is 2.13. The summed E-state index contributed by atoms with van der Waals surface area (Å²) in [7, 11) is 0. The van der Waals surface area contributed by atoms with E-state index in [0.717, 1.165) is 0 Å². The van der Waals surface area contributed by atoms with Crippen molar-refractivity contribution in [2.75, 3.05) is 6.54 Å². The average Bonchev–Trinajstić information content (AvgIpc) is 2.36. The van der Waals surface area contributed by atoms with Gasteiger partial charge in [0.2, 0.25) is 0 Å². The van der Waals surface area contributed by atoms with E-state index in [4.69, 9.17) is 5.11 Å². The maximum absolute atomic E-state index is 11.4. The molecule has 1 aromatic rings. The van der Waals surface area contributed by atoms with Gasteiger partial charge >= 0.3 is 12.0 Å². The number of carbonyl (C=O) groups is 2. The minimum absolute atomic E-state index is 0.00409. The number of nitrogens with zero attached hydrogens (tertiary/aromatic N) is 1. The van der Waals surface area contributed by atoms with Crippen LogP contribution in [0, 0.1) is 17.0 Å². The van der Waals surface area contributed by atoms with E-state index in [2.05, 4.69) is 10.6 Å². The quantitative estimate of drug-likeness (QED) is 0.534. The molecule has 0 aliphatic rings. The third-order valence-corrected chi connectivity index (χ3v) is 2.68. The number of nitro groups is 1. The minimum atomic E-state index is -1.00. The van der Waals surface area contributed by atoms with Crippen LogP contribution in [-0.4, -0.2) is 28.6 Å². The Bertz CT molecular complexity index is 530. The molecule has 0 atom stereocenters. The molecule has 2 amide bonds. The average molecular weight is 281 g/mol. The van der Waals surface area contributed by atoms with Crippen molar-refractivity contribution >= 4 is 17.7 Å². The SMILES string of the molecule is Cc1c(CNC(=O)NCCC(=O)O)cccc1[N+](=O)[O-]. The number of aliphatic carboxylic acids is 1. The fourth-order valence-electron chi connectivity index (χ4n) is 1.58. The Labute approximate surface area is 114 Å². The largest absolute Gasteiger partial charge is 0.481 e. The van der Waals surface area contributed by atoms with Gasteiger partial charge < -0.3 is 15.7 Å². The Balaban J connectivity index is 2.53. The maximum atomic E-state index is 11.4. The molecule has 0 bridgehead atoms. The van der Waals surface area contributed by atoms with Gasteiger partial charge in [0, 0.05) is 24.7 Å². The Morgan fingerprint density at radius 1 is 1.35 bits per heavy atom. The second-order valence-corrected chi connectivity index (χ2v) is 4.07. The molecule has 0 heterocycles. The molecule has 8 heteroatoms. The Morgan fingerprint density at radius 2 is 2.05 bits per heavy atom. The first-order chi connectivity index (χ1) is 9.41. The van der Waals surface area contributed by atoms with Gasteiger partial charge in [-0.25, -0.2) is 4.79 Å². The number of nitrogens with one attached hydrogen (secondary N) is 2. The zero-order chi connectivity index (χ0) is 15.1. The van der Waals surface area contributed by atoms with Crippen LogP contribution in [0.4, 0.5) is 10.5 Å². The number of hydrogen-bond donors (Lipinski definition) is 3. The molecule has 0 saturated heterocycles. The van der Waals surface area contributed by atoms with E-state index in [1.807, 2.05) is 0 Å². The number of carboxylic acids is 1. The summed E-state index contributed by atoms with van der Waals surface area (Å²) in [5.41, 5.74) is 1.12. The van der Waals surface area contributed by atoms with Gasteiger partial charge in [-0.3, -0.25) is 14.9 Å². The summed E-state index contributed by atoms with van der Waals surface area (Å²) in [6.45, 7) is 1.76. The summed E-state index contributed by atoms with van der Waals surface area (Å²) in [6.07, 6.45) is -0.163. The summed E-state index contributed by atoms with van der Waals surface area (Å²) in [5, 5.41) is 24.1. The number of amides is 2. The zero-order valence-electron chi connectivity index (χ0n) is 10.9. The molecule has 3 N–H and O–H groups in total. The van der Waals surface area contributed by atoms with Crippen LogP contribution in [0.3, 0.4) is 0 Å². The molecule has 0 aliphatic heterocycles. The lowest BCUT2D eigenvalue weighted by molar-refractivity contribution is -0.385. The van der Waals surface area contributed by atoms with E-state index in [1.54, 1.807) is 19.1 Å². The third kappa shape index (κ3) is 4.56. The Kier molecular flexibility index (Phi) is 5.45. The van der Waals surface area contributed by atoms with Crippen LogP contribution in [0.2, 0.25) is 0 Å². The first-order valence-electron chi connectivity index (χ1n) is 5.88. The molecule has 1 rings (SSSR count). The fraction of sp³-hybridized carbons (Fsp3) is 0.333. The number of urea groups is 1. The van der Waals surface area contributed by atoms with Gasteiger partial charge in [-0.1, -0.05) is 12.1 Å². The molecule has 0 saturated carbocycles. The van der Waals surface area contributed by atoms with E-state index in [1.165, 1.54) is 6.07 Å². The molecular weight excluding hydrogens is 266 g/mol. The number of rotatable bonds is 6. The number of carboxylic acid groups (broad SMARTS) is 1. The van der Waals surface area contributed by atoms with Gasteiger partial charge in [-0.2, -0.15) is 0 Å². The van der Waals surface area contributed by atoms with Crippen LogP contribution in [-0.2, 0) is 11.3 Å². The van der Waals surface area contributed by atoms with Gasteiger partial charge in [0.05, 0.1) is 11.3 Å². The summed E-state index contributed by atoms with van der Waals surface area (Å²) in [6, 6.07) is 4.10. The number of hydrogen-bond acceptors (Lipinski definition) is 4. The summed E-state index contributed by atoms with van der Waals surface area (Å²) < 4.78 is 0. The van der Waals surface area contributed by atoms with Crippen molar-refractivity contribution in [3.8, 4) is 0 Å². The second-order valence-electron chi connectivity index (χ2n) is 4.07. The van der Waals surface area contributed by atoms with Crippen molar-refractivity contribution in [3.63, 3.8) is 0 Å². The van der Waals surface area contributed by atoms with Gasteiger partial charge in [-0.05, 0) is 12.5 Å². The van der Waals surface area contributed by atoms with Crippen molar-refractivity contribution < 1.29 is 19.6 Å². The van der Waals surface area contributed by atoms with E-state index >= 15 is 0 Å². The van der Waals surface area contributed by atoms with Crippen LogP contribution < -0.4 is 10.6 Å². The van der Waals surface area contributed by atoms with E-state index in [-0.39, 0.29) is 25.2 Å². The summed E-state index contributed by atoms with van der Waals surface area (Å²) in [4.78, 5) is 31.9. The Morgan fingerprint density at radius 3 is 2.65 bits per heavy atom. The predicted octanol–water partition coefficient (Wildman–Crippen LogP) is 1.18. The van der Waals surface area contributed by atoms with Crippen molar-refractivity contribution in [1.29, 1.82) is 0 Å². The van der Waals surface area contributed by atoms with Crippen molar-refractivity contribution in [1.82, 2.24) is 10.6 Å². The topological polar surface area (TPSA) is 122 Å². The molecule has 0 spiro atoms. The molecular formula is C12H15N3O5. The smallest absolute Gasteiger partial charge is 0.315 e. The van der Waals surface area contributed by atoms with Crippen LogP contribution in [0.5, 0.6) is 0 Å². The molecule has 108 valence electrons. The second kappa shape index (κ2) is 7.07. The first-order valence-corrected chi connectivity index (χ1v) is 5.88. The van der Waals surface area contributed by atoms with E-state index in [9.17, 15) is 19.7 Å². The van der Waals surface area contributed by atoms with Crippen molar-refractivity contribution in [2.24, 2.45) is 0 Å². The fourth-order valence-corrected chi connectivity index (χ4v) is 1.58. The predicted molar refractivity (Wildman–Crippen MR) is 70.3 cm³/mol. The van der Waals surface area contributed by atoms with E-state index < -0.39 is 16.9 Å². The van der Waals surface area contributed by atoms with Crippen LogP contribution in [0.25, 0.3) is 0 Å². The monoisotopic (exact) mass is 281 g/mol. The highest BCUT2D eigenvalue weighted by Crippen LogP contribution is 2.20. The first kappa shape index (κ1) is 15.4. The van der Waals surface area contributed by atoms with Gasteiger partial charge in [0.15, 0.2) is 0 Å². The highest BCUT2D eigenvalue weighted by atomic mass is 16.6. The van der Waals surface area contributed by atoms with E-state index in [0.29, 0.717) is 11.1 Å². The van der Waals surface area contributed by atoms with Gasteiger partial charge in [0.25, 0.3) is 5.69 Å². The lowest BCUT2D eigenvalue weighted by atomic mass is 10.1. The van der Waals surface area contributed by atoms with Crippen molar-refractivity contribution in [3.05, 3.63) is 39.4 Å².